The Morgan fingerprint density at radius 3 is 2.67 bits per heavy atom. The highest BCUT2D eigenvalue weighted by Crippen LogP contribution is 2.35. The molecule has 1 spiro atoms. The lowest BCUT2D eigenvalue weighted by atomic mass is 9.86. The number of carbonyl (C=O) groups excluding carboxylic acids is 1. The summed E-state index contributed by atoms with van der Waals surface area (Å²) in [6.45, 7) is 3.01. The molecule has 1 aromatic rings. The number of aliphatic hydroxyl groups excluding tert-OH is 1. The number of aliphatic hydroxyl groups is 1. The van der Waals surface area contributed by atoms with E-state index in [1.165, 1.54) is 10.4 Å². The SMILES string of the molecule is O=C(CN1CC[C@@]2(CCCO2)[C@@H](O)C1)Nc1cccc(S(=O)(=O)N2CCCCC2)c1. The number of benzene rings is 1. The molecule has 30 heavy (non-hydrogen) atoms. The molecule has 3 aliphatic rings. The summed E-state index contributed by atoms with van der Waals surface area (Å²) < 4.78 is 33.1. The maximum absolute atomic E-state index is 12.9. The van der Waals surface area contributed by atoms with Gasteiger partial charge in [-0.3, -0.25) is 9.69 Å². The molecule has 1 aromatic carbocycles. The van der Waals surface area contributed by atoms with E-state index in [1.54, 1.807) is 18.2 Å². The molecule has 2 N–H and O–H groups in total. The number of rotatable bonds is 5. The lowest BCUT2D eigenvalue weighted by Crippen LogP contribution is -2.56. The molecule has 3 saturated heterocycles. The summed E-state index contributed by atoms with van der Waals surface area (Å²) in [5, 5.41) is 13.3. The first-order chi connectivity index (χ1) is 14.4. The van der Waals surface area contributed by atoms with Crippen LogP contribution in [-0.2, 0) is 19.6 Å². The Kier molecular flexibility index (Phi) is 6.45. The van der Waals surface area contributed by atoms with Crippen molar-refractivity contribution in [3.63, 3.8) is 0 Å². The quantitative estimate of drug-likeness (QED) is 0.723. The van der Waals surface area contributed by atoms with Crippen LogP contribution in [0.3, 0.4) is 0 Å². The number of piperidine rings is 2. The maximum atomic E-state index is 12.9. The van der Waals surface area contributed by atoms with Gasteiger partial charge < -0.3 is 15.2 Å². The zero-order chi connectivity index (χ0) is 21.2. The summed E-state index contributed by atoms with van der Waals surface area (Å²) in [6.07, 6.45) is 4.76. The second kappa shape index (κ2) is 8.92. The van der Waals surface area contributed by atoms with Gasteiger partial charge in [-0.15, -0.1) is 0 Å². The molecule has 0 aliphatic carbocycles. The van der Waals surface area contributed by atoms with Crippen molar-refractivity contribution in [1.29, 1.82) is 0 Å². The van der Waals surface area contributed by atoms with Crippen molar-refractivity contribution in [2.45, 2.75) is 55.1 Å². The predicted molar refractivity (Wildman–Crippen MR) is 113 cm³/mol. The number of likely N-dealkylation sites (tertiary alicyclic amines) is 1. The maximum Gasteiger partial charge on any atom is 0.243 e. The van der Waals surface area contributed by atoms with E-state index in [0.717, 1.165) is 32.1 Å². The van der Waals surface area contributed by atoms with Crippen LogP contribution in [0.2, 0.25) is 0 Å². The molecule has 3 aliphatic heterocycles. The van der Waals surface area contributed by atoms with E-state index in [0.29, 0.717) is 44.9 Å². The summed E-state index contributed by atoms with van der Waals surface area (Å²) in [4.78, 5) is 14.7. The minimum absolute atomic E-state index is 0.149. The number of nitrogens with one attached hydrogen (secondary N) is 1. The largest absolute Gasteiger partial charge is 0.389 e. The first kappa shape index (κ1) is 21.7. The lowest BCUT2D eigenvalue weighted by molar-refractivity contribution is -0.135. The van der Waals surface area contributed by atoms with Crippen LogP contribution in [0, 0.1) is 0 Å². The van der Waals surface area contributed by atoms with E-state index in [4.69, 9.17) is 4.74 Å². The van der Waals surface area contributed by atoms with Gasteiger partial charge in [-0.05, 0) is 50.3 Å². The van der Waals surface area contributed by atoms with Crippen LogP contribution >= 0.6 is 0 Å². The van der Waals surface area contributed by atoms with Gasteiger partial charge >= 0.3 is 0 Å². The summed E-state index contributed by atoms with van der Waals surface area (Å²) in [6, 6.07) is 6.44. The molecule has 166 valence electrons. The van der Waals surface area contributed by atoms with Gasteiger partial charge in [0.1, 0.15) is 0 Å². The molecule has 9 heteroatoms. The van der Waals surface area contributed by atoms with Crippen molar-refractivity contribution in [3.05, 3.63) is 24.3 Å². The van der Waals surface area contributed by atoms with Crippen molar-refractivity contribution in [1.82, 2.24) is 9.21 Å². The predicted octanol–water partition coefficient (Wildman–Crippen LogP) is 1.42. The van der Waals surface area contributed by atoms with E-state index in [2.05, 4.69) is 5.32 Å². The first-order valence-electron chi connectivity index (χ1n) is 10.8. The first-order valence-corrected chi connectivity index (χ1v) is 12.3. The Balaban J connectivity index is 1.35. The minimum Gasteiger partial charge on any atom is -0.389 e. The van der Waals surface area contributed by atoms with Crippen LogP contribution < -0.4 is 5.32 Å². The van der Waals surface area contributed by atoms with Crippen LogP contribution in [0.4, 0.5) is 5.69 Å². The fourth-order valence-electron chi connectivity index (χ4n) is 4.73. The van der Waals surface area contributed by atoms with E-state index in [-0.39, 0.29) is 17.3 Å². The van der Waals surface area contributed by atoms with Crippen LogP contribution in [0.25, 0.3) is 0 Å². The molecule has 4 rings (SSSR count). The number of β-amino-alcohol motifs (C(OH)–C–C–N with tert-alkyl or cyclic N) is 1. The summed E-state index contributed by atoms with van der Waals surface area (Å²) in [5.41, 5.74) is 0.0238. The molecular weight excluding hydrogens is 406 g/mol. The van der Waals surface area contributed by atoms with Crippen molar-refractivity contribution >= 4 is 21.6 Å². The molecule has 0 bridgehead atoms. The van der Waals surface area contributed by atoms with Crippen molar-refractivity contribution in [3.8, 4) is 0 Å². The Morgan fingerprint density at radius 1 is 1.17 bits per heavy atom. The number of amides is 1. The summed E-state index contributed by atoms with van der Waals surface area (Å²) >= 11 is 0. The average molecular weight is 438 g/mol. The van der Waals surface area contributed by atoms with E-state index in [1.807, 2.05) is 4.90 Å². The molecule has 0 radical (unpaired) electrons. The van der Waals surface area contributed by atoms with Gasteiger partial charge in [-0.1, -0.05) is 12.5 Å². The molecule has 1 amide bonds. The highest BCUT2D eigenvalue weighted by Gasteiger charge is 2.45. The van der Waals surface area contributed by atoms with Gasteiger partial charge in [0, 0.05) is 38.5 Å². The number of anilines is 1. The zero-order valence-electron chi connectivity index (χ0n) is 17.3. The van der Waals surface area contributed by atoms with Crippen molar-refractivity contribution in [2.75, 3.05) is 44.6 Å². The van der Waals surface area contributed by atoms with E-state index in [9.17, 15) is 18.3 Å². The van der Waals surface area contributed by atoms with Crippen molar-refractivity contribution in [2.24, 2.45) is 0 Å². The average Bonchev–Trinajstić information content (AvgIpc) is 3.22. The van der Waals surface area contributed by atoms with Crippen LogP contribution in [0.1, 0.15) is 38.5 Å². The molecule has 3 heterocycles. The fourth-order valence-corrected chi connectivity index (χ4v) is 6.29. The summed E-state index contributed by atoms with van der Waals surface area (Å²) in [5.74, 6) is -0.224. The van der Waals surface area contributed by atoms with Crippen molar-refractivity contribution < 1.29 is 23.1 Å². The third kappa shape index (κ3) is 4.55. The van der Waals surface area contributed by atoms with Gasteiger partial charge in [0.25, 0.3) is 0 Å². The Labute approximate surface area is 178 Å². The third-order valence-electron chi connectivity index (χ3n) is 6.46. The molecule has 3 fully saturated rings. The van der Waals surface area contributed by atoms with E-state index >= 15 is 0 Å². The molecule has 0 saturated carbocycles. The Morgan fingerprint density at radius 2 is 1.97 bits per heavy atom. The molecule has 0 unspecified atom stereocenters. The Hall–Kier alpha value is -1.52. The number of hydrogen-bond donors (Lipinski definition) is 2. The van der Waals surface area contributed by atoms with Gasteiger partial charge in [0.15, 0.2) is 0 Å². The molecule has 0 aromatic heterocycles. The second-order valence-corrected chi connectivity index (χ2v) is 10.5. The molecule has 2 atom stereocenters. The number of hydrogen-bond acceptors (Lipinski definition) is 6. The lowest BCUT2D eigenvalue weighted by Gasteiger charge is -2.42. The summed E-state index contributed by atoms with van der Waals surface area (Å²) in [7, 11) is -3.54. The fraction of sp³-hybridized carbons (Fsp3) is 0.667. The number of ether oxygens (including phenoxy) is 1. The number of sulfonamides is 1. The highest BCUT2D eigenvalue weighted by atomic mass is 32.2. The second-order valence-electron chi connectivity index (χ2n) is 8.56. The van der Waals surface area contributed by atoms with Crippen LogP contribution in [0.15, 0.2) is 29.2 Å². The van der Waals surface area contributed by atoms with Gasteiger partial charge in [-0.25, -0.2) is 8.42 Å². The zero-order valence-corrected chi connectivity index (χ0v) is 18.1. The minimum atomic E-state index is -3.54. The number of carbonyl (C=O) groups is 1. The normalized spacial score (nSPS) is 28.6. The standard InChI is InChI=1S/C21H31N3O5S/c25-19-15-23(12-9-21(19)8-5-13-29-21)16-20(26)22-17-6-4-7-18(14-17)30(27,28)24-10-2-1-3-11-24/h4,6-7,14,19,25H,1-3,5,8-13,15-16H2,(H,22,26)/t19-,21-/m0/s1. The van der Waals surface area contributed by atoms with Gasteiger partial charge in [0.2, 0.25) is 15.9 Å². The third-order valence-corrected chi connectivity index (χ3v) is 8.36. The van der Waals surface area contributed by atoms with Crippen LogP contribution in [0.5, 0.6) is 0 Å². The highest BCUT2D eigenvalue weighted by molar-refractivity contribution is 7.89. The van der Waals surface area contributed by atoms with Gasteiger partial charge in [-0.2, -0.15) is 4.31 Å². The van der Waals surface area contributed by atoms with Crippen LogP contribution in [-0.4, -0.2) is 79.7 Å². The molecule has 8 nitrogen and oxygen atoms in total. The van der Waals surface area contributed by atoms with Gasteiger partial charge in [0.05, 0.1) is 23.1 Å². The van der Waals surface area contributed by atoms with E-state index < -0.39 is 21.7 Å². The smallest absolute Gasteiger partial charge is 0.243 e. The molecular formula is C21H31N3O5S. The topological polar surface area (TPSA) is 99.2 Å². The number of nitrogens with zero attached hydrogens (tertiary/aromatic N) is 2. The monoisotopic (exact) mass is 437 g/mol. The Bertz CT molecular complexity index is 863.